The van der Waals surface area contributed by atoms with Crippen LogP contribution in [0.4, 0.5) is 0 Å². The Bertz CT molecular complexity index is 448. The second kappa shape index (κ2) is 9.44. The van der Waals surface area contributed by atoms with Gasteiger partial charge in [-0.05, 0) is 56.5 Å². The summed E-state index contributed by atoms with van der Waals surface area (Å²) in [6.07, 6.45) is 3.70. The van der Waals surface area contributed by atoms with E-state index in [-0.39, 0.29) is 12.4 Å². The topological polar surface area (TPSA) is 32.3 Å². The van der Waals surface area contributed by atoms with Crippen molar-refractivity contribution in [2.75, 3.05) is 26.7 Å². The van der Waals surface area contributed by atoms with Gasteiger partial charge < -0.3 is 10.2 Å². The lowest BCUT2D eigenvalue weighted by atomic mass is 9.96. The van der Waals surface area contributed by atoms with Gasteiger partial charge in [0.2, 0.25) is 5.91 Å². The molecule has 0 aliphatic carbocycles. The first kappa shape index (κ1) is 18.5. The Morgan fingerprint density at radius 1 is 1.38 bits per heavy atom. The van der Waals surface area contributed by atoms with Crippen LogP contribution in [0.25, 0.3) is 0 Å². The Hall–Kier alpha value is -0.580. The van der Waals surface area contributed by atoms with Crippen LogP contribution < -0.4 is 5.32 Å². The SMILES string of the molecule is CNCC1CCN(C(=O)CCc2cccc(Br)c2)CC1.Cl. The van der Waals surface area contributed by atoms with Gasteiger partial charge in [-0.3, -0.25) is 4.79 Å². The lowest BCUT2D eigenvalue weighted by Gasteiger charge is -2.32. The molecule has 1 aromatic carbocycles. The number of nitrogens with one attached hydrogen (secondary N) is 1. The van der Waals surface area contributed by atoms with Gasteiger partial charge in [-0.15, -0.1) is 12.4 Å². The van der Waals surface area contributed by atoms with E-state index in [1.54, 1.807) is 0 Å². The van der Waals surface area contributed by atoms with Crippen molar-refractivity contribution in [1.29, 1.82) is 0 Å². The average molecular weight is 376 g/mol. The van der Waals surface area contributed by atoms with Crippen molar-refractivity contribution in [3.63, 3.8) is 0 Å². The van der Waals surface area contributed by atoms with Gasteiger partial charge in [0.05, 0.1) is 0 Å². The quantitative estimate of drug-likeness (QED) is 0.856. The van der Waals surface area contributed by atoms with E-state index in [4.69, 9.17) is 0 Å². The van der Waals surface area contributed by atoms with Crippen LogP contribution in [0.15, 0.2) is 28.7 Å². The van der Waals surface area contributed by atoms with Gasteiger partial charge in [-0.25, -0.2) is 0 Å². The summed E-state index contributed by atoms with van der Waals surface area (Å²) in [7, 11) is 2.00. The second-order valence-corrected chi connectivity index (χ2v) is 6.43. The Morgan fingerprint density at radius 3 is 2.71 bits per heavy atom. The summed E-state index contributed by atoms with van der Waals surface area (Å²) in [6.45, 7) is 2.91. The van der Waals surface area contributed by atoms with E-state index in [9.17, 15) is 4.79 Å². The normalized spacial score (nSPS) is 15.6. The highest BCUT2D eigenvalue weighted by molar-refractivity contribution is 9.10. The summed E-state index contributed by atoms with van der Waals surface area (Å²) in [5.74, 6) is 1.03. The van der Waals surface area contributed by atoms with Crippen LogP contribution in [-0.4, -0.2) is 37.5 Å². The number of amides is 1. The van der Waals surface area contributed by atoms with Crippen LogP contribution in [0.3, 0.4) is 0 Å². The summed E-state index contributed by atoms with van der Waals surface area (Å²) in [5.41, 5.74) is 1.22. The van der Waals surface area contributed by atoms with Gasteiger partial charge in [0, 0.05) is 24.0 Å². The molecular formula is C16H24BrClN2O. The number of rotatable bonds is 5. The molecule has 0 saturated carbocycles. The first-order chi connectivity index (χ1) is 9.69. The number of halogens is 2. The van der Waals surface area contributed by atoms with Crippen LogP contribution in [0.5, 0.6) is 0 Å². The Kier molecular flexibility index (Phi) is 8.30. The molecule has 21 heavy (non-hydrogen) atoms. The Labute approximate surface area is 142 Å². The molecule has 1 fully saturated rings. The number of aryl methyl sites for hydroxylation is 1. The summed E-state index contributed by atoms with van der Waals surface area (Å²) in [4.78, 5) is 14.3. The maximum absolute atomic E-state index is 12.2. The van der Waals surface area contributed by atoms with Crippen LogP contribution in [0.1, 0.15) is 24.8 Å². The lowest BCUT2D eigenvalue weighted by Crippen LogP contribution is -2.40. The molecule has 1 amide bonds. The molecule has 0 aromatic heterocycles. The predicted molar refractivity (Wildman–Crippen MR) is 92.9 cm³/mol. The number of carbonyl (C=O) groups excluding carboxylic acids is 1. The first-order valence-corrected chi connectivity index (χ1v) is 8.15. The van der Waals surface area contributed by atoms with Gasteiger partial charge in [0.15, 0.2) is 0 Å². The molecule has 0 unspecified atom stereocenters. The molecule has 3 nitrogen and oxygen atoms in total. The third kappa shape index (κ3) is 5.97. The number of nitrogens with zero attached hydrogens (tertiary/aromatic N) is 1. The average Bonchev–Trinajstić information content (AvgIpc) is 2.46. The second-order valence-electron chi connectivity index (χ2n) is 5.51. The van der Waals surface area contributed by atoms with E-state index in [1.165, 1.54) is 5.56 Å². The maximum Gasteiger partial charge on any atom is 0.222 e. The fraction of sp³-hybridized carbons (Fsp3) is 0.562. The smallest absolute Gasteiger partial charge is 0.222 e. The van der Waals surface area contributed by atoms with Crippen molar-refractivity contribution in [1.82, 2.24) is 10.2 Å². The number of hydrogen-bond donors (Lipinski definition) is 1. The molecule has 0 radical (unpaired) electrons. The molecule has 118 valence electrons. The minimum atomic E-state index is 0. The van der Waals surface area contributed by atoms with E-state index in [0.717, 1.165) is 49.3 Å². The zero-order valence-electron chi connectivity index (χ0n) is 12.5. The van der Waals surface area contributed by atoms with Gasteiger partial charge in [-0.2, -0.15) is 0 Å². The summed E-state index contributed by atoms with van der Waals surface area (Å²) < 4.78 is 1.08. The van der Waals surface area contributed by atoms with Crippen molar-refractivity contribution < 1.29 is 4.79 Å². The van der Waals surface area contributed by atoms with Crippen LogP contribution in [0.2, 0.25) is 0 Å². The van der Waals surface area contributed by atoms with Crippen LogP contribution in [0, 0.1) is 5.92 Å². The summed E-state index contributed by atoms with van der Waals surface area (Å²) >= 11 is 3.47. The third-order valence-corrected chi connectivity index (χ3v) is 4.47. The first-order valence-electron chi connectivity index (χ1n) is 7.36. The molecule has 5 heteroatoms. The fourth-order valence-electron chi connectivity index (χ4n) is 2.78. The maximum atomic E-state index is 12.2. The lowest BCUT2D eigenvalue weighted by molar-refractivity contribution is -0.132. The number of benzene rings is 1. The predicted octanol–water partition coefficient (Wildman–Crippen LogP) is 3.26. The summed E-state index contributed by atoms with van der Waals surface area (Å²) in [5, 5.41) is 3.23. The monoisotopic (exact) mass is 374 g/mol. The van der Waals surface area contributed by atoms with Crippen LogP contribution >= 0.6 is 28.3 Å². The fourth-order valence-corrected chi connectivity index (χ4v) is 3.22. The number of piperidine rings is 1. The van der Waals surface area contributed by atoms with Crippen molar-refractivity contribution in [3.05, 3.63) is 34.3 Å². The van der Waals surface area contributed by atoms with Crippen molar-refractivity contribution >= 4 is 34.2 Å². The van der Waals surface area contributed by atoms with Crippen molar-refractivity contribution in [2.24, 2.45) is 5.92 Å². The van der Waals surface area contributed by atoms with E-state index < -0.39 is 0 Å². The van der Waals surface area contributed by atoms with Crippen LogP contribution in [-0.2, 0) is 11.2 Å². The van der Waals surface area contributed by atoms with Gasteiger partial charge in [0.25, 0.3) is 0 Å². The molecule has 0 spiro atoms. The van der Waals surface area contributed by atoms with E-state index >= 15 is 0 Å². The highest BCUT2D eigenvalue weighted by atomic mass is 79.9. The summed E-state index contributed by atoms with van der Waals surface area (Å²) in [6, 6.07) is 8.20. The minimum absolute atomic E-state index is 0. The van der Waals surface area contributed by atoms with Gasteiger partial charge >= 0.3 is 0 Å². The minimum Gasteiger partial charge on any atom is -0.343 e. The zero-order valence-corrected chi connectivity index (χ0v) is 14.9. The Balaban J connectivity index is 0.00000220. The molecule has 0 bridgehead atoms. The molecule has 2 rings (SSSR count). The molecule has 1 aromatic rings. The van der Waals surface area contributed by atoms with Gasteiger partial charge in [-0.1, -0.05) is 28.1 Å². The molecular weight excluding hydrogens is 352 g/mol. The molecule has 1 aliphatic heterocycles. The van der Waals surface area contributed by atoms with E-state index in [0.29, 0.717) is 12.3 Å². The third-order valence-electron chi connectivity index (χ3n) is 3.98. The molecule has 1 N–H and O–H groups in total. The number of carbonyl (C=O) groups is 1. The van der Waals surface area contributed by atoms with Crippen molar-refractivity contribution in [3.8, 4) is 0 Å². The molecule has 1 heterocycles. The highest BCUT2D eigenvalue weighted by Crippen LogP contribution is 2.18. The standard InChI is InChI=1S/C16H23BrN2O.ClH/c1-18-12-14-7-9-19(10-8-14)16(20)6-5-13-3-2-4-15(17)11-13;/h2-4,11,14,18H,5-10,12H2,1H3;1H. The van der Waals surface area contributed by atoms with Gasteiger partial charge in [0.1, 0.15) is 0 Å². The molecule has 1 saturated heterocycles. The zero-order chi connectivity index (χ0) is 14.4. The number of hydrogen-bond acceptors (Lipinski definition) is 2. The largest absolute Gasteiger partial charge is 0.343 e. The van der Waals surface area contributed by atoms with E-state index in [2.05, 4.69) is 33.4 Å². The van der Waals surface area contributed by atoms with E-state index in [1.807, 2.05) is 24.1 Å². The molecule has 1 aliphatic rings. The van der Waals surface area contributed by atoms with Crippen molar-refractivity contribution in [2.45, 2.75) is 25.7 Å². The molecule has 0 atom stereocenters. The number of likely N-dealkylation sites (tertiary alicyclic amines) is 1. The highest BCUT2D eigenvalue weighted by Gasteiger charge is 2.21. The Morgan fingerprint density at radius 2 is 2.10 bits per heavy atom.